The van der Waals surface area contributed by atoms with Gasteiger partial charge in [0.1, 0.15) is 0 Å². The van der Waals surface area contributed by atoms with Crippen LogP contribution in [-0.4, -0.2) is 12.0 Å². The summed E-state index contributed by atoms with van der Waals surface area (Å²) in [4.78, 5) is 5.53. The fourth-order valence-electron chi connectivity index (χ4n) is 1.79. The summed E-state index contributed by atoms with van der Waals surface area (Å²) in [5.74, 6) is 0. The highest BCUT2D eigenvalue weighted by Crippen LogP contribution is 2.27. The minimum atomic E-state index is 0.258. The van der Waals surface area contributed by atoms with Gasteiger partial charge in [-0.05, 0) is 38.1 Å². The number of rotatable bonds is 4. The van der Waals surface area contributed by atoms with Crippen molar-refractivity contribution in [3.8, 4) is 0 Å². The molecule has 2 rings (SSSR count). The van der Waals surface area contributed by atoms with Crippen molar-refractivity contribution < 1.29 is 0 Å². The van der Waals surface area contributed by atoms with Gasteiger partial charge in [0.05, 0.1) is 15.1 Å². The van der Waals surface area contributed by atoms with E-state index in [-0.39, 0.29) is 6.04 Å². The van der Waals surface area contributed by atoms with Gasteiger partial charge in [-0.2, -0.15) is 0 Å². The number of nitrogens with zero attached hydrogens (tertiary/aromatic N) is 1. The quantitative estimate of drug-likeness (QED) is 0.912. The molecule has 96 valence electrons. The Morgan fingerprint density at radius 2 is 2.11 bits per heavy atom. The molecule has 1 heterocycles. The van der Waals surface area contributed by atoms with Gasteiger partial charge in [-0.1, -0.05) is 29.3 Å². The predicted octanol–water partition coefficient (Wildman–Crippen LogP) is 4.26. The highest BCUT2D eigenvalue weighted by molar-refractivity contribution is 7.11. The molecule has 0 amide bonds. The van der Waals surface area contributed by atoms with Crippen LogP contribution in [0.2, 0.25) is 10.0 Å². The summed E-state index contributed by atoms with van der Waals surface area (Å²) in [7, 11) is 1.96. The van der Waals surface area contributed by atoms with Gasteiger partial charge >= 0.3 is 0 Å². The molecular formula is C13H14Cl2N2S. The van der Waals surface area contributed by atoms with Gasteiger partial charge in [0.25, 0.3) is 0 Å². The van der Waals surface area contributed by atoms with E-state index < -0.39 is 0 Å². The lowest BCUT2D eigenvalue weighted by molar-refractivity contribution is 0.601. The smallest absolute Gasteiger partial charge is 0.0897 e. The Morgan fingerprint density at radius 1 is 1.33 bits per heavy atom. The van der Waals surface area contributed by atoms with E-state index in [1.807, 2.05) is 38.4 Å². The molecule has 1 aromatic heterocycles. The molecule has 1 N–H and O–H groups in total. The molecule has 0 spiro atoms. The van der Waals surface area contributed by atoms with Gasteiger partial charge in [0.15, 0.2) is 0 Å². The van der Waals surface area contributed by atoms with Gasteiger partial charge in [0, 0.05) is 17.1 Å². The second-order valence-corrected chi connectivity index (χ2v) is 6.16. The van der Waals surface area contributed by atoms with E-state index in [4.69, 9.17) is 23.2 Å². The molecule has 5 heteroatoms. The van der Waals surface area contributed by atoms with E-state index in [0.717, 1.165) is 17.0 Å². The van der Waals surface area contributed by atoms with Crippen LogP contribution in [0.5, 0.6) is 0 Å². The van der Waals surface area contributed by atoms with Crippen LogP contribution in [0.4, 0.5) is 0 Å². The average molecular weight is 301 g/mol. The number of aryl methyl sites for hydroxylation is 1. The van der Waals surface area contributed by atoms with Gasteiger partial charge in [-0.15, -0.1) is 11.3 Å². The van der Waals surface area contributed by atoms with E-state index in [1.54, 1.807) is 11.3 Å². The zero-order valence-electron chi connectivity index (χ0n) is 10.2. The fourth-order valence-corrected chi connectivity index (χ4v) is 3.00. The molecular weight excluding hydrogens is 287 g/mol. The van der Waals surface area contributed by atoms with Gasteiger partial charge < -0.3 is 5.32 Å². The zero-order valence-corrected chi connectivity index (χ0v) is 12.5. The molecule has 0 saturated carbocycles. The van der Waals surface area contributed by atoms with Crippen LogP contribution >= 0.6 is 34.5 Å². The molecule has 2 aromatic rings. The first-order valence-corrected chi connectivity index (χ1v) is 7.21. The summed E-state index contributed by atoms with van der Waals surface area (Å²) in [5.41, 5.74) is 1.16. The van der Waals surface area contributed by atoms with Crippen molar-refractivity contribution in [2.24, 2.45) is 0 Å². The molecule has 2 nitrogen and oxygen atoms in total. The zero-order chi connectivity index (χ0) is 13.1. The van der Waals surface area contributed by atoms with Crippen LogP contribution in [-0.2, 0) is 6.42 Å². The number of benzene rings is 1. The Hall–Kier alpha value is -0.610. The first kappa shape index (κ1) is 13.8. The highest BCUT2D eigenvalue weighted by Gasteiger charge is 2.13. The molecule has 1 atom stereocenters. The molecule has 0 aliphatic carbocycles. The van der Waals surface area contributed by atoms with Crippen molar-refractivity contribution in [1.82, 2.24) is 10.3 Å². The second-order valence-electron chi connectivity index (χ2n) is 4.08. The summed E-state index contributed by atoms with van der Waals surface area (Å²) in [6, 6.07) is 6.02. The lowest BCUT2D eigenvalue weighted by Crippen LogP contribution is -2.17. The van der Waals surface area contributed by atoms with E-state index in [2.05, 4.69) is 10.3 Å². The Kier molecular flexibility index (Phi) is 4.62. The van der Waals surface area contributed by atoms with Gasteiger partial charge in [-0.25, -0.2) is 4.98 Å². The maximum atomic E-state index is 6.03. The first-order chi connectivity index (χ1) is 8.60. The van der Waals surface area contributed by atoms with Crippen molar-refractivity contribution in [3.63, 3.8) is 0 Å². The fraction of sp³-hybridized carbons (Fsp3) is 0.308. The van der Waals surface area contributed by atoms with Crippen LogP contribution in [0.3, 0.4) is 0 Å². The third kappa shape index (κ3) is 3.23. The molecule has 18 heavy (non-hydrogen) atoms. The van der Waals surface area contributed by atoms with Crippen molar-refractivity contribution in [3.05, 3.63) is 49.9 Å². The van der Waals surface area contributed by atoms with Gasteiger partial charge in [0.2, 0.25) is 0 Å². The van der Waals surface area contributed by atoms with Crippen LogP contribution in [0.15, 0.2) is 24.4 Å². The van der Waals surface area contributed by atoms with Gasteiger partial charge in [-0.3, -0.25) is 0 Å². The standard InChI is InChI=1S/C13H14Cl2N2S/c1-8-17-7-13(18-8)12(16-2)6-9-3-4-10(14)11(15)5-9/h3-5,7,12,16H,6H2,1-2H3. The Labute approximate surface area is 121 Å². The molecule has 0 radical (unpaired) electrons. The topological polar surface area (TPSA) is 24.9 Å². The Balaban J connectivity index is 2.17. The van der Waals surface area contributed by atoms with Crippen molar-refractivity contribution in [2.45, 2.75) is 19.4 Å². The summed E-state index contributed by atoms with van der Waals surface area (Å²) in [6.45, 7) is 2.01. The van der Waals surface area contributed by atoms with Crippen LogP contribution in [0.1, 0.15) is 21.5 Å². The lowest BCUT2D eigenvalue weighted by Gasteiger charge is -2.14. The largest absolute Gasteiger partial charge is 0.312 e. The number of hydrogen-bond donors (Lipinski definition) is 1. The van der Waals surface area contributed by atoms with E-state index in [1.165, 1.54) is 4.88 Å². The van der Waals surface area contributed by atoms with Crippen molar-refractivity contribution >= 4 is 34.5 Å². The molecule has 0 aliphatic rings. The Morgan fingerprint density at radius 3 is 2.67 bits per heavy atom. The number of thiazole rings is 1. The predicted molar refractivity (Wildman–Crippen MR) is 78.8 cm³/mol. The summed E-state index contributed by atoms with van der Waals surface area (Å²) >= 11 is 13.7. The third-order valence-corrected chi connectivity index (χ3v) is 4.52. The van der Waals surface area contributed by atoms with Crippen molar-refractivity contribution in [2.75, 3.05) is 7.05 Å². The van der Waals surface area contributed by atoms with E-state index in [0.29, 0.717) is 10.0 Å². The molecule has 1 aromatic carbocycles. The number of likely N-dealkylation sites (N-methyl/N-ethyl adjacent to an activating group) is 1. The summed E-state index contributed by atoms with van der Waals surface area (Å²) < 4.78 is 0. The monoisotopic (exact) mass is 300 g/mol. The van der Waals surface area contributed by atoms with Crippen LogP contribution < -0.4 is 5.32 Å². The second kappa shape index (κ2) is 6.02. The average Bonchev–Trinajstić information content (AvgIpc) is 2.77. The molecule has 0 saturated heterocycles. The third-order valence-electron chi connectivity index (χ3n) is 2.75. The highest BCUT2D eigenvalue weighted by atomic mass is 35.5. The Bertz CT molecular complexity index is 540. The summed E-state index contributed by atoms with van der Waals surface area (Å²) in [5, 5.41) is 5.59. The maximum absolute atomic E-state index is 6.03. The normalized spacial score (nSPS) is 12.7. The molecule has 0 bridgehead atoms. The van der Waals surface area contributed by atoms with Crippen molar-refractivity contribution in [1.29, 1.82) is 0 Å². The number of hydrogen-bond acceptors (Lipinski definition) is 3. The minimum Gasteiger partial charge on any atom is -0.312 e. The SMILES string of the molecule is CNC(Cc1ccc(Cl)c(Cl)c1)c1cnc(C)s1. The number of aromatic nitrogens is 1. The number of nitrogens with one attached hydrogen (secondary N) is 1. The number of halogens is 2. The minimum absolute atomic E-state index is 0.258. The maximum Gasteiger partial charge on any atom is 0.0897 e. The molecule has 1 unspecified atom stereocenters. The van der Waals surface area contributed by atoms with E-state index in [9.17, 15) is 0 Å². The first-order valence-electron chi connectivity index (χ1n) is 5.63. The van der Waals surface area contributed by atoms with Crippen LogP contribution in [0, 0.1) is 6.92 Å². The lowest BCUT2D eigenvalue weighted by atomic mass is 10.1. The van der Waals surface area contributed by atoms with E-state index >= 15 is 0 Å². The molecule has 0 aliphatic heterocycles. The van der Waals surface area contributed by atoms with Crippen LogP contribution in [0.25, 0.3) is 0 Å². The summed E-state index contributed by atoms with van der Waals surface area (Å²) in [6.07, 6.45) is 2.80. The molecule has 0 fully saturated rings.